The third-order valence-electron chi connectivity index (χ3n) is 6.53. The SMILES string of the molecule is COc1cccc(-c2cnc(N)c(-c3ccc(NC(=O)c4c(C)n(C)n(-c5ccc(Cl)cc5)c4=O)cc3)n2)c1F. The van der Waals surface area contributed by atoms with Crippen LogP contribution in [0.2, 0.25) is 5.02 Å². The van der Waals surface area contributed by atoms with E-state index in [0.29, 0.717) is 33.3 Å². The monoisotopic (exact) mass is 558 g/mol. The van der Waals surface area contributed by atoms with Crippen LogP contribution in [0.1, 0.15) is 16.1 Å². The van der Waals surface area contributed by atoms with Crippen molar-refractivity contribution in [3.05, 3.63) is 105 Å². The van der Waals surface area contributed by atoms with Gasteiger partial charge in [0.1, 0.15) is 17.1 Å². The summed E-state index contributed by atoms with van der Waals surface area (Å²) in [5, 5.41) is 3.31. The maximum atomic E-state index is 14.8. The topological polar surface area (TPSA) is 117 Å². The number of amides is 1. The van der Waals surface area contributed by atoms with Crippen molar-refractivity contribution in [1.82, 2.24) is 19.3 Å². The Balaban J connectivity index is 1.41. The van der Waals surface area contributed by atoms with E-state index in [0.717, 1.165) is 0 Å². The van der Waals surface area contributed by atoms with Gasteiger partial charge in [-0.15, -0.1) is 0 Å². The van der Waals surface area contributed by atoms with Crippen molar-refractivity contribution in [2.24, 2.45) is 7.05 Å². The number of methoxy groups -OCH3 is 1. The number of rotatable bonds is 6. The van der Waals surface area contributed by atoms with Gasteiger partial charge in [0.05, 0.1) is 30.4 Å². The van der Waals surface area contributed by atoms with Crippen LogP contribution in [0, 0.1) is 12.7 Å². The van der Waals surface area contributed by atoms with E-state index >= 15 is 0 Å². The zero-order valence-corrected chi connectivity index (χ0v) is 22.5. The van der Waals surface area contributed by atoms with Gasteiger partial charge in [-0.25, -0.2) is 19.0 Å². The molecule has 0 aliphatic carbocycles. The molecule has 0 atom stereocenters. The molecule has 5 aromatic rings. The van der Waals surface area contributed by atoms with Crippen molar-refractivity contribution < 1.29 is 13.9 Å². The smallest absolute Gasteiger partial charge is 0.284 e. The molecule has 0 spiro atoms. The lowest BCUT2D eigenvalue weighted by Crippen LogP contribution is -2.25. The molecule has 2 aromatic heterocycles. The van der Waals surface area contributed by atoms with Crippen LogP contribution >= 0.6 is 11.6 Å². The molecule has 9 nitrogen and oxygen atoms in total. The Morgan fingerprint density at radius 1 is 1.07 bits per heavy atom. The fraction of sp³-hybridized carbons (Fsp3) is 0.103. The maximum absolute atomic E-state index is 14.8. The highest BCUT2D eigenvalue weighted by Gasteiger charge is 2.22. The summed E-state index contributed by atoms with van der Waals surface area (Å²) in [5.74, 6) is -0.856. The highest BCUT2D eigenvalue weighted by molar-refractivity contribution is 6.30. The van der Waals surface area contributed by atoms with E-state index in [1.54, 1.807) is 79.3 Å². The summed E-state index contributed by atoms with van der Waals surface area (Å²) < 4.78 is 22.9. The molecule has 3 aromatic carbocycles. The molecule has 2 heterocycles. The molecule has 1 amide bonds. The predicted molar refractivity (Wildman–Crippen MR) is 153 cm³/mol. The standard InChI is InChI=1S/C29H24ClFN6O3/c1-16-24(29(39)37(36(16)2)20-13-9-18(30)10-14-20)28(38)34-19-11-7-17(8-12-19)26-27(32)33-15-22(35-26)21-5-4-6-23(40-3)25(21)31/h4-15H,1-3H3,(H2,32,33)(H,34,38). The largest absolute Gasteiger partial charge is 0.494 e. The molecule has 202 valence electrons. The molecule has 5 rings (SSSR count). The van der Waals surface area contributed by atoms with E-state index in [9.17, 15) is 14.0 Å². The Morgan fingerprint density at radius 2 is 1.77 bits per heavy atom. The Labute approximate surface area is 233 Å². The number of nitrogens with two attached hydrogens (primary N) is 1. The molecule has 0 aliphatic heterocycles. The van der Waals surface area contributed by atoms with Crippen molar-refractivity contribution in [3.8, 4) is 34.0 Å². The minimum absolute atomic E-state index is 0.0182. The number of ether oxygens (including phenoxy) is 1. The molecule has 0 radical (unpaired) electrons. The lowest BCUT2D eigenvalue weighted by molar-refractivity contribution is 0.102. The first kappa shape index (κ1) is 26.6. The molecular weight excluding hydrogens is 535 g/mol. The van der Waals surface area contributed by atoms with Crippen molar-refractivity contribution in [2.75, 3.05) is 18.2 Å². The Hall–Kier alpha value is -4.96. The van der Waals surface area contributed by atoms with Crippen molar-refractivity contribution in [2.45, 2.75) is 6.92 Å². The van der Waals surface area contributed by atoms with E-state index in [4.69, 9.17) is 22.1 Å². The van der Waals surface area contributed by atoms with Crippen LogP contribution in [0.4, 0.5) is 15.9 Å². The number of halogens is 2. The van der Waals surface area contributed by atoms with Gasteiger partial charge in [-0.05, 0) is 55.5 Å². The average molecular weight is 559 g/mol. The van der Waals surface area contributed by atoms with Gasteiger partial charge < -0.3 is 15.8 Å². The lowest BCUT2D eigenvalue weighted by Gasteiger charge is -2.10. The fourth-order valence-corrected chi connectivity index (χ4v) is 4.48. The zero-order valence-electron chi connectivity index (χ0n) is 21.8. The molecule has 0 bridgehead atoms. The molecule has 0 unspecified atom stereocenters. The third-order valence-corrected chi connectivity index (χ3v) is 6.78. The summed E-state index contributed by atoms with van der Waals surface area (Å²) in [6, 6.07) is 18.2. The second kappa shape index (κ2) is 10.7. The highest BCUT2D eigenvalue weighted by atomic mass is 35.5. The summed E-state index contributed by atoms with van der Waals surface area (Å²) in [7, 11) is 3.09. The van der Waals surface area contributed by atoms with Crippen LogP contribution in [-0.4, -0.2) is 32.3 Å². The molecule has 0 fully saturated rings. The van der Waals surface area contributed by atoms with Gasteiger partial charge in [0.25, 0.3) is 11.5 Å². The Kier molecular flexibility index (Phi) is 7.10. The van der Waals surface area contributed by atoms with E-state index in [1.165, 1.54) is 24.1 Å². The summed E-state index contributed by atoms with van der Waals surface area (Å²) in [6.07, 6.45) is 1.39. The van der Waals surface area contributed by atoms with Gasteiger partial charge >= 0.3 is 0 Å². The van der Waals surface area contributed by atoms with Crippen molar-refractivity contribution >= 4 is 29.0 Å². The first-order chi connectivity index (χ1) is 19.2. The molecular formula is C29H24ClFN6O3. The van der Waals surface area contributed by atoms with Crippen molar-refractivity contribution in [1.29, 1.82) is 0 Å². The summed E-state index contributed by atoms with van der Waals surface area (Å²) in [6.45, 7) is 1.70. The van der Waals surface area contributed by atoms with Crippen LogP contribution in [0.25, 0.3) is 28.2 Å². The first-order valence-corrected chi connectivity index (χ1v) is 12.5. The van der Waals surface area contributed by atoms with Gasteiger partial charge in [-0.2, -0.15) is 0 Å². The van der Waals surface area contributed by atoms with E-state index in [1.807, 2.05) is 0 Å². The maximum Gasteiger partial charge on any atom is 0.284 e. The lowest BCUT2D eigenvalue weighted by atomic mass is 10.1. The molecule has 40 heavy (non-hydrogen) atoms. The van der Waals surface area contributed by atoms with Gasteiger partial charge in [0.15, 0.2) is 11.6 Å². The number of carbonyl (C=O) groups excluding carboxylic acids is 1. The third kappa shape index (κ3) is 4.80. The average Bonchev–Trinajstić information content (AvgIpc) is 3.17. The number of carbonyl (C=O) groups is 1. The normalized spacial score (nSPS) is 10.9. The number of aromatic nitrogens is 4. The molecule has 0 aliphatic rings. The number of nitrogens with one attached hydrogen (secondary N) is 1. The summed E-state index contributed by atoms with van der Waals surface area (Å²) >= 11 is 5.98. The van der Waals surface area contributed by atoms with Crippen LogP contribution < -0.4 is 21.3 Å². The second-order valence-electron chi connectivity index (χ2n) is 8.92. The number of benzene rings is 3. The van der Waals surface area contributed by atoms with Crippen LogP contribution in [0.5, 0.6) is 5.75 Å². The van der Waals surface area contributed by atoms with Gasteiger partial charge in [0, 0.05) is 28.9 Å². The van der Waals surface area contributed by atoms with Crippen LogP contribution in [-0.2, 0) is 7.05 Å². The highest BCUT2D eigenvalue weighted by Crippen LogP contribution is 2.31. The van der Waals surface area contributed by atoms with Crippen molar-refractivity contribution in [3.63, 3.8) is 0 Å². The summed E-state index contributed by atoms with van der Waals surface area (Å²) in [5.41, 5.74) is 8.65. The number of anilines is 2. The van der Waals surface area contributed by atoms with Gasteiger partial charge in [0.2, 0.25) is 0 Å². The predicted octanol–water partition coefficient (Wildman–Crippen LogP) is 5.24. The zero-order chi connectivity index (χ0) is 28.6. The first-order valence-electron chi connectivity index (χ1n) is 12.1. The number of hydrogen-bond acceptors (Lipinski definition) is 6. The van der Waals surface area contributed by atoms with Gasteiger partial charge in [-0.3, -0.25) is 14.3 Å². The molecule has 0 saturated carbocycles. The van der Waals surface area contributed by atoms with Crippen LogP contribution in [0.15, 0.2) is 77.7 Å². The summed E-state index contributed by atoms with van der Waals surface area (Å²) in [4.78, 5) is 35.1. The van der Waals surface area contributed by atoms with Crippen LogP contribution in [0.3, 0.4) is 0 Å². The minimum Gasteiger partial charge on any atom is -0.494 e. The Morgan fingerprint density at radius 3 is 2.45 bits per heavy atom. The van der Waals surface area contributed by atoms with E-state index in [2.05, 4.69) is 15.3 Å². The molecule has 3 N–H and O–H groups in total. The molecule has 11 heteroatoms. The number of nitrogens with zero attached hydrogens (tertiary/aromatic N) is 4. The fourth-order valence-electron chi connectivity index (χ4n) is 4.35. The number of hydrogen-bond donors (Lipinski definition) is 2. The Bertz CT molecular complexity index is 1800. The number of nitrogen functional groups attached to an aromatic ring is 1. The van der Waals surface area contributed by atoms with E-state index < -0.39 is 17.3 Å². The second-order valence-corrected chi connectivity index (χ2v) is 9.36. The quantitative estimate of drug-likeness (QED) is 0.294. The minimum atomic E-state index is -0.556. The van der Waals surface area contributed by atoms with E-state index in [-0.39, 0.29) is 28.4 Å². The molecule has 0 saturated heterocycles. The van der Waals surface area contributed by atoms with Gasteiger partial charge in [-0.1, -0.05) is 29.8 Å².